The first kappa shape index (κ1) is 16.6. The Labute approximate surface area is 156 Å². The molecule has 0 fully saturated rings. The van der Waals surface area contributed by atoms with Gasteiger partial charge in [0.2, 0.25) is 0 Å². The van der Waals surface area contributed by atoms with Crippen molar-refractivity contribution in [1.82, 2.24) is 14.5 Å². The Morgan fingerprint density at radius 2 is 2.04 bits per heavy atom. The summed E-state index contributed by atoms with van der Waals surface area (Å²) in [5.41, 5.74) is 1.59. The van der Waals surface area contributed by atoms with Gasteiger partial charge in [-0.05, 0) is 35.7 Å². The van der Waals surface area contributed by atoms with Crippen LogP contribution in [-0.4, -0.2) is 20.5 Å². The topological polar surface area (TPSA) is 57.0 Å². The van der Waals surface area contributed by atoms with Crippen LogP contribution in [-0.2, 0) is 11.3 Å². The first-order chi connectivity index (χ1) is 12.7. The fraction of sp³-hybridized carbons (Fsp3) is 0.0556. The van der Waals surface area contributed by atoms with Crippen LogP contribution in [0.5, 0.6) is 0 Å². The Kier molecular flexibility index (Phi) is 4.59. The number of rotatable bonds is 5. The summed E-state index contributed by atoms with van der Waals surface area (Å²) in [4.78, 5) is 22.0. The van der Waals surface area contributed by atoms with Crippen LogP contribution in [0, 0.1) is 5.82 Å². The van der Waals surface area contributed by atoms with Gasteiger partial charge in [-0.25, -0.2) is 19.2 Å². The molecule has 0 saturated carbocycles. The minimum absolute atomic E-state index is 0.0787. The Bertz CT molecular complexity index is 1020. The van der Waals surface area contributed by atoms with E-state index in [1.54, 1.807) is 28.0 Å². The fourth-order valence-electron chi connectivity index (χ4n) is 2.35. The number of hydrogen-bond donors (Lipinski definition) is 0. The van der Waals surface area contributed by atoms with Gasteiger partial charge in [-0.1, -0.05) is 6.07 Å². The van der Waals surface area contributed by atoms with Gasteiger partial charge in [-0.15, -0.1) is 22.7 Å². The number of carbonyl (C=O) groups is 1. The van der Waals surface area contributed by atoms with Gasteiger partial charge in [0.15, 0.2) is 5.69 Å². The van der Waals surface area contributed by atoms with E-state index >= 15 is 0 Å². The van der Waals surface area contributed by atoms with Crippen molar-refractivity contribution in [3.05, 3.63) is 76.9 Å². The van der Waals surface area contributed by atoms with E-state index < -0.39 is 5.97 Å². The number of ether oxygens (including phenoxy) is 1. The van der Waals surface area contributed by atoms with Crippen molar-refractivity contribution in [2.24, 2.45) is 0 Å². The molecular formula is C18H12FN3O2S2. The van der Waals surface area contributed by atoms with Crippen molar-refractivity contribution in [2.45, 2.75) is 6.61 Å². The quantitative estimate of drug-likeness (QED) is 0.473. The second-order valence-corrected chi connectivity index (χ2v) is 7.13. The van der Waals surface area contributed by atoms with Gasteiger partial charge in [0, 0.05) is 11.1 Å². The zero-order chi connectivity index (χ0) is 17.9. The highest BCUT2D eigenvalue weighted by molar-refractivity contribution is 7.20. The molecule has 0 aliphatic carbocycles. The second kappa shape index (κ2) is 7.19. The van der Waals surface area contributed by atoms with Gasteiger partial charge >= 0.3 is 5.97 Å². The standard InChI is InChI=1S/C18H12FN3O2S2/c19-12-3-5-14(6-4-12)22-11-20-8-15(22)18(23)24-9-13-10-26-17(21-13)16-2-1-7-25-16/h1-8,10-11H,9H2. The third-order valence-electron chi connectivity index (χ3n) is 3.59. The number of imidazole rings is 1. The van der Waals surface area contributed by atoms with Crippen molar-refractivity contribution in [3.8, 4) is 15.6 Å². The van der Waals surface area contributed by atoms with E-state index in [-0.39, 0.29) is 18.1 Å². The number of nitrogens with zero attached hydrogens (tertiary/aromatic N) is 3. The molecule has 3 heterocycles. The van der Waals surface area contributed by atoms with Crippen molar-refractivity contribution < 1.29 is 13.9 Å². The van der Waals surface area contributed by atoms with Crippen LogP contribution in [0.4, 0.5) is 4.39 Å². The summed E-state index contributed by atoms with van der Waals surface area (Å²) in [5, 5.41) is 4.77. The number of benzene rings is 1. The van der Waals surface area contributed by atoms with Crippen molar-refractivity contribution in [2.75, 3.05) is 0 Å². The molecule has 4 rings (SSSR count). The summed E-state index contributed by atoms with van der Waals surface area (Å²) >= 11 is 3.13. The molecule has 130 valence electrons. The van der Waals surface area contributed by atoms with Crippen LogP contribution >= 0.6 is 22.7 Å². The zero-order valence-electron chi connectivity index (χ0n) is 13.3. The molecule has 0 unspecified atom stereocenters. The molecule has 0 radical (unpaired) electrons. The molecule has 26 heavy (non-hydrogen) atoms. The van der Waals surface area contributed by atoms with Crippen LogP contribution in [0.1, 0.15) is 16.2 Å². The van der Waals surface area contributed by atoms with Crippen LogP contribution in [0.15, 0.2) is 59.7 Å². The van der Waals surface area contributed by atoms with Crippen molar-refractivity contribution in [3.63, 3.8) is 0 Å². The maximum Gasteiger partial charge on any atom is 0.357 e. The summed E-state index contributed by atoms with van der Waals surface area (Å²) in [6.07, 6.45) is 2.91. The van der Waals surface area contributed by atoms with Crippen molar-refractivity contribution in [1.29, 1.82) is 0 Å². The number of halogens is 1. The third-order valence-corrected chi connectivity index (χ3v) is 5.52. The second-order valence-electron chi connectivity index (χ2n) is 5.32. The van der Waals surface area contributed by atoms with Crippen molar-refractivity contribution >= 4 is 28.6 Å². The van der Waals surface area contributed by atoms with E-state index in [0.717, 1.165) is 9.88 Å². The van der Waals surface area contributed by atoms with Gasteiger partial charge in [0.25, 0.3) is 0 Å². The smallest absolute Gasteiger partial charge is 0.357 e. The summed E-state index contributed by atoms with van der Waals surface area (Å²) in [6, 6.07) is 9.76. The summed E-state index contributed by atoms with van der Waals surface area (Å²) < 4.78 is 20.0. The Hall–Kier alpha value is -2.84. The Morgan fingerprint density at radius 3 is 2.81 bits per heavy atom. The fourth-order valence-corrected chi connectivity index (χ4v) is 3.97. The van der Waals surface area contributed by atoms with Crippen LogP contribution in [0.25, 0.3) is 15.6 Å². The lowest BCUT2D eigenvalue weighted by Gasteiger charge is -2.07. The first-order valence-electron chi connectivity index (χ1n) is 7.64. The molecular weight excluding hydrogens is 373 g/mol. The van der Waals surface area contributed by atoms with E-state index in [9.17, 15) is 9.18 Å². The van der Waals surface area contributed by atoms with Crippen LogP contribution < -0.4 is 0 Å². The average Bonchev–Trinajstić information content (AvgIpc) is 3.40. The number of aromatic nitrogens is 3. The molecule has 0 N–H and O–H groups in total. The lowest BCUT2D eigenvalue weighted by Crippen LogP contribution is -2.11. The molecule has 8 heteroatoms. The predicted molar refractivity (Wildman–Crippen MR) is 98.1 cm³/mol. The predicted octanol–water partition coefficient (Wildman–Crippen LogP) is 4.55. The van der Waals surface area contributed by atoms with E-state index in [4.69, 9.17) is 4.74 Å². The number of thiazole rings is 1. The molecule has 3 aromatic heterocycles. The van der Waals surface area contributed by atoms with E-state index in [1.165, 1.54) is 36.0 Å². The molecule has 0 aliphatic heterocycles. The van der Waals surface area contributed by atoms with Gasteiger partial charge in [-0.2, -0.15) is 0 Å². The Balaban J connectivity index is 1.46. The highest BCUT2D eigenvalue weighted by atomic mass is 32.1. The lowest BCUT2D eigenvalue weighted by molar-refractivity contribution is 0.0459. The van der Waals surface area contributed by atoms with Gasteiger partial charge in [0.05, 0.1) is 23.1 Å². The molecule has 5 nitrogen and oxygen atoms in total. The average molecular weight is 385 g/mol. The van der Waals surface area contributed by atoms with Crippen LogP contribution in [0.2, 0.25) is 0 Å². The highest BCUT2D eigenvalue weighted by Gasteiger charge is 2.16. The maximum atomic E-state index is 13.1. The first-order valence-corrected chi connectivity index (χ1v) is 9.40. The highest BCUT2D eigenvalue weighted by Crippen LogP contribution is 2.28. The SMILES string of the molecule is O=C(OCc1csc(-c2cccs2)n1)c1cncn1-c1ccc(F)cc1. The molecule has 0 saturated heterocycles. The minimum atomic E-state index is -0.516. The largest absolute Gasteiger partial charge is 0.454 e. The number of carbonyl (C=O) groups excluding carboxylic acids is 1. The number of thiophene rings is 1. The van der Waals surface area contributed by atoms with Gasteiger partial charge in [-0.3, -0.25) is 4.57 Å². The zero-order valence-corrected chi connectivity index (χ0v) is 15.0. The number of hydrogen-bond acceptors (Lipinski definition) is 6. The number of esters is 1. The molecule has 1 aromatic carbocycles. The van der Waals surface area contributed by atoms with Gasteiger partial charge < -0.3 is 4.74 Å². The molecule has 0 amide bonds. The van der Waals surface area contributed by atoms with E-state index in [1.807, 2.05) is 22.9 Å². The third kappa shape index (κ3) is 3.42. The van der Waals surface area contributed by atoms with E-state index in [0.29, 0.717) is 11.4 Å². The summed E-state index contributed by atoms with van der Waals surface area (Å²) in [5.74, 6) is -0.861. The molecule has 0 spiro atoms. The van der Waals surface area contributed by atoms with Crippen LogP contribution in [0.3, 0.4) is 0 Å². The molecule has 0 atom stereocenters. The molecule has 0 aliphatic rings. The van der Waals surface area contributed by atoms with Gasteiger partial charge in [0.1, 0.15) is 17.4 Å². The normalized spacial score (nSPS) is 10.8. The molecule has 4 aromatic rings. The van der Waals surface area contributed by atoms with E-state index in [2.05, 4.69) is 9.97 Å². The summed E-state index contributed by atoms with van der Waals surface area (Å²) in [6.45, 7) is 0.0787. The maximum absolute atomic E-state index is 13.1. The lowest BCUT2D eigenvalue weighted by atomic mass is 10.3. The minimum Gasteiger partial charge on any atom is -0.454 e. The monoisotopic (exact) mass is 385 g/mol. The Morgan fingerprint density at radius 1 is 1.19 bits per heavy atom. The summed E-state index contributed by atoms with van der Waals surface area (Å²) in [7, 11) is 0. The molecule has 0 bridgehead atoms.